The highest BCUT2D eigenvalue weighted by atomic mass is 35.5. The summed E-state index contributed by atoms with van der Waals surface area (Å²) in [5, 5.41) is 2.87. The van der Waals surface area contributed by atoms with Gasteiger partial charge in [-0.05, 0) is 18.2 Å². The van der Waals surface area contributed by atoms with Crippen LogP contribution in [0.1, 0.15) is 10.4 Å². The number of aromatic nitrogens is 2. The Hall–Kier alpha value is -2.34. The Morgan fingerprint density at radius 2 is 1.90 bits per heavy atom. The predicted octanol–water partition coefficient (Wildman–Crippen LogP) is 2.40. The third-order valence-corrected chi connectivity index (χ3v) is 2.73. The summed E-state index contributed by atoms with van der Waals surface area (Å²) in [6.07, 6.45) is 1.27. The molecule has 0 radical (unpaired) electrons. The third kappa shape index (κ3) is 3.16. The molecule has 1 aromatic heterocycles. The summed E-state index contributed by atoms with van der Waals surface area (Å²) in [5.41, 5.74) is 0.414. The zero-order valence-corrected chi connectivity index (χ0v) is 11.6. The lowest BCUT2D eigenvalue weighted by Crippen LogP contribution is -2.13. The molecule has 0 aliphatic rings. The van der Waals surface area contributed by atoms with E-state index in [2.05, 4.69) is 15.3 Å². The van der Waals surface area contributed by atoms with Crippen molar-refractivity contribution >= 4 is 23.3 Å². The smallest absolute Gasteiger partial charge is 0.256 e. The van der Waals surface area contributed by atoms with Gasteiger partial charge in [0.15, 0.2) is 11.5 Å². The monoisotopic (exact) mass is 293 g/mol. The lowest BCUT2D eigenvalue weighted by Gasteiger charge is -2.09. The van der Waals surface area contributed by atoms with Crippen LogP contribution < -0.4 is 14.8 Å². The first-order valence-electron chi connectivity index (χ1n) is 5.65. The number of anilines is 1. The number of nitrogens with one attached hydrogen (secondary N) is 1. The van der Waals surface area contributed by atoms with Crippen LogP contribution in [0.3, 0.4) is 0 Å². The highest BCUT2D eigenvalue weighted by Crippen LogP contribution is 2.27. The number of benzene rings is 1. The fourth-order valence-corrected chi connectivity index (χ4v) is 1.71. The van der Waals surface area contributed by atoms with Gasteiger partial charge in [-0.2, -0.15) is 0 Å². The minimum absolute atomic E-state index is 0.252. The predicted molar refractivity (Wildman–Crippen MR) is 74.5 cm³/mol. The summed E-state index contributed by atoms with van der Waals surface area (Å²) < 4.78 is 10.3. The Bertz CT molecular complexity index is 634. The first-order chi connectivity index (χ1) is 9.63. The number of hydrogen-bond donors (Lipinski definition) is 1. The molecule has 0 aliphatic carbocycles. The zero-order valence-electron chi connectivity index (χ0n) is 10.9. The van der Waals surface area contributed by atoms with Gasteiger partial charge in [0.25, 0.3) is 5.91 Å². The van der Waals surface area contributed by atoms with Crippen molar-refractivity contribution in [1.82, 2.24) is 9.97 Å². The van der Waals surface area contributed by atoms with Crippen LogP contribution in [0, 0.1) is 0 Å². The summed E-state index contributed by atoms with van der Waals surface area (Å²) in [6, 6.07) is 6.32. The van der Waals surface area contributed by atoms with E-state index < -0.39 is 0 Å². The van der Waals surface area contributed by atoms with Gasteiger partial charge < -0.3 is 14.8 Å². The maximum atomic E-state index is 12.1. The van der Waals surface area contributed by atoms with Gasteiger partial charge in [-0.15, -0.1) is 0 Å². The molecule has 0 bridgehead atoms. The third-order valence-electron chi connectivity index (χ3n) is 2.52. The van der Waals surface area contributed by atoms with E-state index in [0.717, 1.165) is 0 Å². The summed E-state index contributed by atoms with van der Waals surface area (Å²) in [7, 11) is 3.03. The molecular formula is C13H12ClN3O3. The molecule has 0 fully saturated rings. The van der Waals surface area contributed by atoms with Gasteiger partial charge in [-0.3, -0.25) is 4.79 Å². The molecule has 0 saturated carbocycles. The Balaban J connectivity index is 2.21. The Morgan fingerprint density at radius 3 is 2.55 bits per heavy atom. The molecule has 1 N–H and O–H groups in total. The van der Waals surface area contributed by atoms with Crippen LogP contribution in [0.5, 0.6) is 11.5 Å². The molecule has 0 saturated heterocycles. The topological polar surface area (TPSA) is 73.3 Å². The largest absolute Gasteiger partial charge is 0.493 e. The molecule has 0 spiro atoms. The van der Waals surface area contributed by atoms with Crippen molar-refractivity contribution < 1.29 is 14.3 Å². The highest BCUT2D eigenvalue weighted by Gasteiger charge is 2.11. The van der Waals surface area contributed by atoms with Gasteiger partial charge in [0.05, 0.1) is 14.2 Å². The number of ether oxygens (including phenoxy) is 2. The quantitative estimate of drug-likeness (QED) is 0.876. The number of rotatable bonds is 4. The molecule has 20 heavy (non-hydrogen) atoms. The number of hydrogen-bond acceptors (Lipinski definition) is 5. The van der Waals surface area contributed by atoms with Crippen LogP contribution in [0.25, 0.3) is 0 Å². The Labute approximate surface area is 120 Å². The second-order valence-corrected chi connectivity index (χ2v) is 4.14. The summed E-state index contributed by atoms with van der Waals surface area (Å²) >= 11 is 5.72. The maximum absolute atomic E-state index is 12.1. The maximum Gasteiger partial charge on any atom is 0.256 e. The fourth-order valence-electron chi connectivity index (χ4n) is 1.57. The fraction of sp³-hybridized carbons (Fsp3) is 0.154. The SMILES string of the molecule is COc1ccc(C(=O)Nc2cc(Cl)ncn2)cc1OC. The number of carbonyl (C=O) groups excluding carboxylic acids is 1. The first-order valence-corrected chi connectivity index (χ1v) is 6.02. The molecular weight excluding hydrogens is 282 g/mol. The van der Waals surface area contributed by atoms with Gasteiger partial charge in [0, 0.05) is 11.6 Å². The molecule has 7 heteroatoms. The van der Waals surface area contributed by atoms with Crippen molar-refractivity contribution in [2.24, 2.45) is 0 Å². The van der Waals surface area contributed by atoms with Crippen molar-refractivity contribution in [2.45, 2.75) is 0 Å². The van der Waals surface area contributed by atoms with E-state index in [-0.39, 0.29) is 11.1 Å². The van der Waals surface area contributed by atoms with E-state index in [9.17, 15) is 4.79 Å². The van der Waals surface area contributed by atoms with E-state index in [1.54, 1.807) is 18.2 Å². The summed E-state index contributed by atoms with van der Waals surface area (Å²) in [6.45, 7) is 0. The van der Waals surface area contributed by atoms with Gasteiger partial charge >= 0.3 is 0 Å². The van der Waals surface area contributed by atoms with E-state index in [0.29, 0.717) is 22.9 Å². The van der Waals surface area contributed by atoms with Gasteiger partial charge in [-0.25, -0.2) is 9.97 Å². The highest BCUT2D eigenvalue weighted by molar-refractivity contribution is 6.29. The van der Waals surface area contributed by atoms with E-state index in [4.69, 9.17) is 21.1 Å². The molecule has 1 heterocycles. The van der Waals surface area contributed by atoms with Crippen LogP contribution >= 0.6 is 11.6 Å². The zero-order chi connectivity index (χ0) is 14.5. The lowest BCUT2D eigenvalue weighted by atomic mass is 10.2. The minimum Gasteiger partial charge on any atom is -0.493 e. The van der Waals surface area contributed by atoms with Crippen molar-refractivity contribution in [3.05, 3.63) is 41.3 Å². The number of methoxy groups -OCH3 is 2. The van der Waals surface area contributed by atoms with Gasteiger partial charge in [0.1, 0.15) is 17.3 Å². The molecule has 0 unspecified atom stereocenters. The van der Waals surface area contributed by atoms with E-state index in [1.807, 2.05) is 0 Å². The number of nitrogens with zero attached hydrogens (tertiary/aromatic N) is 2. The van der Waals surface area contributed by atoms with Crippen LogP contribution in [0.4, 0.5) is 5.82 Å². The first kappa shape index (κ1) is 14.1. The van der Waals surface area contributed by atoms with Gasteiger partial charge in [-0.1, -0.05) is 11.6 Å². The van der Waals surface area contributed by atoms with Crippen molar-refractivity contribution in [3.63, 3.8) is 0 Å². The van der Waals surface area contributed by atoms with Crippen LogP contribution in [0.2, 0.25) is 5.15 Å². The van der Waals surface area contributed by atoms with Crippen molar-refractivity contribution in [3.8, 4) is 11.5 Å². The molecule has 1 amide bonds. The average Bonchev–Trinajstić information content (AvgIpc) is 2.46. The molecule has 6 nitrogen and oxygen atoms in total. The van der Waals surface area contributed by atoms with Crippen LogP contribution in [0.15, 0.2) is 30.6 Å². The molecule has 0 atom stereocenters. The minimum atomic E-state index is -0.333. The summed E-state index contributed by atoms with van der Waals surface area (Å²) in [4.78, 5) is 19.7. The molecule has 0 aliphatic heterocycles. The number of carbonyl (C=O) groups is 1. The Kier molecular flexibility index (Phi) is 4.37. The lowest BCUT2D eigenvalue weighted by molar-refractivity contribution is 0.102. The van der Waals surface area contributed by atoms with E-state index in [1.165, 1.54) is 26.6 Å². The van der Waals surface area contributed by atoms with Crippen molar-refractivity contribution in [1.29, 1.82) is 0 Å². The normalized spacial score (nSPS) is 9.95. The summed E-state index contributed by atoms with van der Waals surface area (Å²) in [5.74, 6) is 1.01. The Morgan fingerprint density at radius 1 is 1.15 bits per heavy atom. The van der Waals surface area contributed by atoms with Gasteiger partial charge in [0.2, 0.25) is 0 Å². The van der Waals surface area contributed by atoms with Crippen LogP contribution in [-0.2, 0) is 0 Å². The van der Waals surface area contributed by atoms with E-state index >= 15 is 0 Å². The standard InChI is InChI=1S/C13H12ClN3O3/c1-19-9-4-3-8(5-10(9)20-2)13(18)17-12-6-11(14)15-7-16-12/h3-7H,1-2H3,(H,15,16,17,18). The molecule has 1 aromatic carbocycles. The average molecular weight is 294 g/mol. The number of halogens is 1. The van der Waals surface area contributed by atoms with Crippen molar-refractivity contribution in [2.75, 3.05) is 19.5 Å². The molecule has 104 valence electrons. The number of amides is 1. The second-order valence-electron chi connectivity index (χ2n) is 3.75. The second kappa shape index (κ2) is 6.21. The van der Waals surface area contributed by atoms with Crippen LogP contribution in [-0.4, -0.2) is 30.1 Å². The molecule has 2 aromatic rings. The molecule has 2 rings (SSSR count).